The van der Waals surface area contributed by atoms with Gasteiger partial charge in [-0.05, 0) is 40.0 Å². The van der Waals surface area contributed by atoms with Crippen LogP contribution in [0.25, 0.3) is 0 Å². The Bertz CT molecular complexity index is 557. The van der Waals surface area contributed by atoms with Gasteiger partial charge in [0.2, 0.25) is 0 Å². The minimum atomic E-state index is -0.230. The maximum atomic E-state index is 13.9. The number of alkyl halides is 1. The monoisotopic (exact) mass is 390 g/mol. The predicted molar refractivity (Wildman–Crippen MR) is 80.9 cm³/mol. The highest BCUT2D eigenvalue weighted by Crippen LogP contribution is 2.33. The molecule has 0 bridgehead atoms. The predicted octanol–water partition coefficient (Wildman–Crippen LogP) is 5.92. The van der Waals surface area contributed by atoms with E-state index in [1.807, 2.05) is 30.3 Å². The fourth-order valence-corrected chi connectivity index (χ4v) is 3.03. The lowest BCUT2D eigenvalue weighted by molar-refractivity contribution is 0.601. The second-order valence-electron chi connectivity index (χ2n) is 3.91. The lowest BCUT2D eigenvalue weighted by atomic mass is 10.0. The molecule has 0 N–H and O–H groups in total. The SMILES string of the molecule is Fc1c(Br)cccc1C(Br)Cc1ccccc1Cl. The average molecular weight is 392 g/mol. The number of hydrogen-bond donors (Lipinski definition) is 0. The summed E-state index contributed by atoms with van der Waals surface area (Å²) >= 11 is 12.8. The minimum absolute atomic E-state index is 0.102. The first-order chi connectivity index (χ1) is 8.59. The Labute approximate surface area is 127 Å². The molecule has 18 heavy (non-hydrogen) atoms. The lowest BCUT2D eigenvalue weighted by Crippen LogP contribution is -1.99. The van der Waals surface area contributed by atoms with Gasteiger partial charge in [-0.25, -0.2) is 4.39 Å². The lowest BCUT2D eigenvalue weighted by Gasteiger charge is -2.13. The van der Waals surface area contributed by atoms with Gasteiger partial charge in [0.25, 0.3) is 0 Å². The van der Waals surface area contributed by atoms with Crippen LogP contribution in [0.1, 0.15) is 16.0 Å². The molecule has 0 nitrogen and oxygen atoms in total. The van der Waals surface area contributed by atoms with Crippen LogP contribution in [0.5, 0.6) is 0 Å². The van der Waals surface area contributed by atoms with E-state index in [1.54, 1.807) is 12.1 Å². The standard InChI is InChI=1S/C14H10Br2ClF/c15-11-6-3-5-10(14(11)18)12(16)8-9-4-1-2-7-13(9)17/h1-7,12H,8H2. The third kappa shape index (κ3) is 3.14. The molecule has 0 radical (unpaired) electrons. The van der Waals surface area contributed by atoms with Crippen molar-refractivity contribution in [3.05, 3.63) is 68.9 Å². The Morgan fingerprint density at radius 2 is 1.83 bits per heavy atom. The van der Waals surface area contributed by atoms with Gasteiger partial charge in [-0.1, -0.05) is 57.9 Å². The van der Waals surface area contributed by atoms with Crippen LogP contribution in [0, 0.1) is 5.82 Å². The molecule has 2 rings (SSSR count). The maximum absolute atomic E-state index is 13.9. The molecule has 2 aromatic carbocycles. The summed E-state index contributed by atoms with van der Waals surface area (Å²) in [7, 11) is 0. The molecule has 1 unspecified atom stereocenters. The van der Waals surface area contributed by atoms with E-state index in [0.29, 0.717) is 21.5 Å². The van der Waals surface area contributed by atoms with Crippen LogP contribution in [0.3, 0.4) is 0 Å². The van der Waals surface area contributed by atoms with Gasteiger partial charge < -0.3 is 0 Å². The summed E-state index contributed by atoms with van der Waals surface area (Å²) in [6.45, 7) is 0. The van der Waals surface area contributed by atoms with Crippen LogP contribution < -0.4 is 0 Å². The zero-order valence-electron chi connectivity index (χ0n) is 9.34. The third-order valence-corrected chi connectivity index (χ3v) is 4.47. The third-order valence-electron chi connectivity index (χ3n) is 2.68. The molecule has 0 saturated carbocycles. The molecule has 2 aromatic rings. The van der Waals surface area contributed by atoms with Crippen LogP contribution in [-0.2, 0) is 6.42 Å². The van der Waals surface area contributed by atoms with Gasteiger partial charge in [0.15, 0.2) is 0 Å². The Morgan fingerprint density at radius 1 is 1.11 bits per heavy atom. The Hall–Kier alpha value is -0.380. The van der Waals surface area contributed by atoms with E-state index in [2.05, 4.69) is 31.9 Å². The summed E-state index contributed by atoms with van der Waals surface area (Å²) in [4.78, 5) is -0.102. The average Bonchev–Trinajstić information content (AvgIpc) is 2.35. The molecular weight excluding hydrogens is 382 g/mol. The van der Waals surface area contributed by atoms with Crippen molar-refractivity contribution in [3.63, 3.8) is 0 Å². The number of rotatable bonds is 3. The zero-order valence-corrected chi connectivity index (χ0v) is 13.3. The van der Waals surface area contributed by atoms with E-state index in [0.717, 1.165) is 5.56 Å². The largest absolute Gasteiger partial charge is 0.205 e. The first kappa shape index (κ1) is 14.0. The second-order valence-corrected chi connectivity index (χ2v) is 6.27. The maximum Gasteiger partial charge on any atom is 0.141 e. The van der Waals surface area contributed by atoms with Gasteiger partial charge in [-0.3, -0.25) is 0 Å². The van der Waals surface area contributed by atoms with Crippen molar-refractivity contribution in [2.75, 3.05) is 0 Å². The Balaban J connectivity index is 2.25. The quantitative estimate of drug-likeness (QED) is 0.569. The van der Waals surface area contributed by atoms with Crippen molar-refractivity contribution < 1.29 is 4.39 Å². The molecule has 4 heteroatoms. The molecule has 0 amide bonds. The van der Waals surface area contributed by atoms with E-state index in [4.69, 9.17) is 11.6 Å². The molecule has 0 aliphatic carbocycles. The van der Waals surface area contributed by atoms with E-state index in [9.17, 15) is 4.39 Å². The highest BCUT2D eigenvalue weighted by atomic mass is 79.9. The topological polar surface area (TPSA) is 0 Å². The minimum Gasteiger partial charge on any atom is -0.205 e. The number of benzene rings is 2. The van der Waals surface area contributed by atoms with Gasteiger partial charge in [0.1, 0.15) is 5.82 Å². The molecule has 0 aliphatic rings. The van der Waals surface area contributed by atoms with Gasteiger partial charge in [-0.15, -0.1) is 0 Å². The first-order valence-electron chi connectivity index (χ1n) is 5.41. The van der Waals surface area contributed by atoms with Gasteiger partial charge >= 0.3 is 0 Å². The summed E-state index contributed by atoms with van der Waals surface area (Å²) in [5.74, 6) is -0.230. The van der Waals surface area contributed by atoms with Crippen LogP contribution >= 0.6 is 43.5 Å². The molecular formula is C14H10Br2ClF. The summed E-state index contributed by atoms with van der Waals surface area (Å²) in [5, 5.41) is 0.706. The highest BCUT2D eigenvalue weighted by Gasteiger charge is 2.16. The molecule has 1 atom stereocenters. The highest BCUT2D eigenvalue weighted by molar-refractivity contribution is 9.10. The molecule has 0 heterocycles. The summed E-state index contributed by atoms with van der Waals surface area (Å²) in [5.41, 5.74) is 1.63. The van der Waals surface area contributed by atoms with Gasteiger partial charge in [0, 0.05) is 15.4 Å². The van der Waals surface area contributed by atoms with E-state index < -0.39 is 0 Å². The van der Waals surface area contributed by atoms with E-state index in [-0.39, 0.29) is 10.6 Å². The van der Waals surface area contributed by atoms with Crippen LogP contribution in [-0.4, -0.2) is 0 Å². The molecule has 94 valence electrons. The fourth-order valence-electron chi connectivity index (χ4n) is 1.73. The molecule has 0 spiro atoms. The van der Waals surface area contributed by atoms with Crippen molar-refractivity contribution >= 4 is 43.5 Å². The van der Waals surface area contributed by atoms with E-state index in [1.165, 1.54) is 0 Å². The van der Waals surface area contributed by atoms with Crippen LogP contribution in [0.2, 0.25) is 5.02 Å². The first-order valence-corrected chi connectivity index (χ1v) is 7.49. The van der Waals surface area contributed by atoms with Crippen molar-refractivity contribution in [1.82, 2.24) is 0 Å². The van der Waals surface area contributed by atoms with Crippen molar-refractivity contribution in [2.24, 2.45) is 0 Å². The number of hydrogen-bond acceptors (Lipinski definition) is 0. The van der Waals surface area contributed by atoms with Crippen molar-refractivity contribution in [2.45, 2.75) is 11.2 Å². The Kier molecular flexibility index (Phi) is 4.82. The molecule has 0 saturated heterocycles. The zero-order chi connectivity index (χ0) is 13.1. The van der Waals surface area contributed by atoms with Gasteiger partial charge in [0.05, 0.1) is 4.47 Å². The Morgan fingerprint density at radius 3 is 2.56 bits per heavy atom. The smallest absolute Gasteiger partial charge is 0.141 e. The normalized spacial score (nSPS) is 12.4. The van der Waals surface area contributed by atoms with Crippen molar-refractivity contribution in [1.29, 1.82) is 0 Å². The van der Waals surface area contributed by atoms with Crippen LogP contribution in [0.15, 0.2) is 46.9 Å². The van der Waals surface area contributed by atoms with Crippen molar-refractivity contribution in [3.8, 4) is 0 Å². The fraction of sp³-hybridized carbons (Fsp3) is 0.143. The molecule has 0 aromatic heterocycles. The molecule has 0 aliphatic heterocycles. The summed E-state index contributed by atoms with van der Waals surface area (Å²) in [6, 6.07) is 12.9. The summed E-state index contributed by atoms with van der Waals surface area (Å²) in [6.07, 6.45) is 0.646. The number of halogens is 4. The van der Waals surface area contributed by atoms with Gasteiger partial charge in [-0.2, -0.15) is 0 Å². The van der Waals surface area contributed by atoms with E-state index >= 15 is 0 Å². The molecule has 0 fully saturated rings. The second kappa shape index (κ2) is 6.18. The van der Waals surface area contributed by atoms with Crippen LogP contribution in [0.4, 0.5) is 4.39 Å². The summed E-state index contributed by atoms with van der Waals surface area (Å²) < 4.78 is 14.4.